The molecule has 0 aromatic rings. The van der Waals surface area contributed by atoms with Crippen LogP contribution < -0.4 is 0 Å². The van der Waals surface area contributed by atoms with Gasteiger partial charge in [0.25, 0.3) is 0 Å². The second-order valence-corrected chi connectivity index (χ2v) is 6.65. The van der Waals surface area contributed by atoms with E-state index in [1.165, 1.54) is 6.42 Å². The van der Waals surface area contributed by atoms with E-state index in [1.54, 1.807) is 0 Å². The molecule has 104 valence electrons. The van der Waals surface area contributed by atoms with Crippen molar-refractivity contribution >= 4 is 6.09 Å². The highest BCUT2D eigenvalue weighted by Gasteiger charge is 2.42. The van der Waals surface area contributed by atoms with E-state index < -0.39 is 5.60 Å². The quantitative estimate of drug-likeness (QED) is 0.783. The van der Waals surface area contributed by atoms with Gasteiger partial charge in [0.05, 0.1) is 0 Å². The Morgan fingerprint density at radius 3 is 2.28 bits per heavy atom. The molecule has 0 radical (unpaired) electrons. The van der Waals surface area contributed by atoms with Crippen LogP contribution >= 0.6 is 0 Å². The molecule has 0 aliphatic carbocycles. The highest BCUT2D eigenvalue weighted by molar-refractivity contribution is 5.69. The minimum absolute atomic E-state index is 0.173. The van der Waals surface area contributed by atoms with E-state index >= 15 is 0 Å². The number of aliphatic hydroxyl groups excluding tert-OH is 1. The molecule has 0 spiro atoms. The summed E-state index contributed by atoms with van der Waals surface area (Å²) >= 11 is 0. The van der Waals surface area contributed by atoms with Crippen molar-refractivity contribution in [1.82, 2.24) is 4.90 Å². The van der Waals surface area contributed by atoms with E-state index in [9.17, 15) is 9.90 Å². The van der Waals surface area contributed by atoms with Crippen LogP contribution in [0.15, 0.2) is 0 Å². The Labute approximate surface area is 109 Å². The zero-order valence-corrected chi connectivity index (χ0v) is 11.7. The van der Waals surface area contributed by atoms with Crippen LogP contribution in [0, 0.1) is 5.92 Å². The maximum atomic E-state index is 12.3. The molecule has 2 unspecified atom stereocenters. The van der Waals surface area contributed by atoms with Crippen LogP contribution in [0.25, 0.3) is 0 Å². The van der Waals surface area contributed by atoms with Crippen LogP contribution in [0.4, 0.5) is 4.79 Å². The number of hydrogen-bond donors (Lipinski definition) is 1. The lowest BCUT2D eigenvalue weighted by Crippen LogP contribution is -2.56. The molecule has 2 atom stereocenters. The van der Waals surface area contributed by atoms with Gasteiger partial charge in [-0.25, -0.2) is 4.79 Å². The van der Waals surface area contributed by atoms with Gasteiger partial charge in [0.1, 0.15) is 5.60 Å². The lowest BCUT2D eigenvalue weighted by molar-refractivity contribution is -0.0336. The number of fused-ring (bicyclic) bond motifs is 2. The highest BCUT2D eigenvalue weighted by Crippen LogP contribution is 2.37. The first-order valence-electron chi connectivity index (χ1n) is 7.03. The van der Waals surface area contributed by atoms with Crippen molar-refractivity contribution in [2.75, 3.05) is 6.61 Å². The zero-order valence-electron chi connectivity index (χ0n) is 11.7. The third-order valence-electron chi connectivity index (χ3n) is 3.93. The molecule has 2 heterocycles. The monoisotopic (exact) mass is 255 g/mol. The van der Waals surface area contributed by atoms with Crippen LogP contribution in [0.3, 0.4) is 0 Å². The largest absolute Gasteiger partial charge is 0.444 e. The number of nitrogens with zero attached hydrogens (tertiary/aromatic N) is 1. The fourth-order valence-electron chi connectivity index (χ4n) is 3.26. The Bertz CT molecular complexity index is 297. The van der Waals surface area contributed by atoms with Crippen molar-refractivity contribution in [2.45, 2.75) is 70.6 Å². The van der Waals surface area contributed by atoms with Gasteiger partial charge in [-0.2, -0.15) is 0 Å². The van der Waals surface area contributed by atoms with E-state index in [0.717, 1.165) is 25.7 Å². The van der Waals surface area contributed by atoms with E-state index in [1.807, 2.05) is 25.7 Å². The summed E-state index contributed by atoms with van der Waals surface area (Å²) in [4.78, 5) is 14.2. The smallest absolute Gasteiger partial charge is 0.410 e. The summed E-state index contributed by atoms with van der Waals surface area (Å²) in [5.74, 6) is 0.360. The summed E-state index contributed by atoms with van der Waals surface area (Å²) in [5, 5.41) is 9.32. The summed E-state index contributed by atoms with van der Waals surface area (Å²) in [5.41, 5.74) is -0.431. The minimum atomic E-state index is -0.431. The molecule has 1 N–H and O–H groups in total. The number of rotatable bonds is 1. The molecule has 2 fully saturated rings. The first-order valence-corrected chi connectivity index (χ1v) is 7.03. The number of piperidine rings is 2. The van der Waals surface area contributed by atoms with E-state index in [0.29, 0.717) is 5.92 Å². The topological polar surface area (TPSA) is 49.8 Å². The molecule has 1 amide bonds. The molecule has 2 saturated heterocycles. The maximum absolute atomic E-state index is 12.3. The second kappa shape index (κ2) is 5.08. The number of carbonyl (C=O) groups is 1. The van der Waals surface area contributed by atoms with Gasteiger partial charge in [-0.15, -0.1) is 0 Å². The molecule has 0 aromatic carbocycles. The minimum Gasteiger partial charge on any atom is -0.444 e. The summed E-state index contributed by atoms with van der Waals surface area (Å²) in [6.45, 7) is 5.96. The van der Waals surface area contributed by atoms with Gasteiger partial charge in [-0.1, -0.05) is 0 Å². The Kier molecular flexibility index (Phi) is 3.85. The average molecular weight is 255 g/mol. The molecule has 18 heavy (non-hydrogen) atoms. The number of hydrogen-bond acceptors (Lipinski definition) is 3. The van der Waals surface area contributed by atoms with E-state index in [4.69, 9.17) is 4.74 Å². The summed E-state index contributed by atoms with van der Waals surface area (Å²) in [6, 6.07) is 0.536. The van der Waals surface area contributed by atoms with Crippen molar-refractivity contribution in [3.8, 4) is 0 Å². The third-order valence-corrected chi connectivity index (χ3v) is 3.93. The Hall–Kier alpha value is -0.770. The molecule has 2 bridgehead atoms. The van der Waals surface area contributed by atoms with E-state index in [-0.39, 0.29) is 24.8 Å². The normalized spacial score (nSPS) is 32.2. The number of ether oxygens (including phenoxy) is 1. The maximum Gasteiger partial charge on any atom is 0.410 e. The Balaban J connectivity index is 2.06. The lowest BCUT2D eigenvalue weighted by atomic mass is 9.79. The van der Waals surface area contributed by atoms with Crippen LogP contribution in [-0.2, 0) is 4.74 Å². The van der Waals surface area contributed by atoms with Gasteiger partial charge in [-0.05, 0) is 58.8 Å². The van der Waals surface area contributed by atoms with Crippen LogP contribution in [0.1, 0.15) is 52.9 Å². The van der Waals surface area contributed by atoms with Crippen molar-refractivity contribution in [3.05, 3.63) is 0 Å². The summed E-state index contributed by atoms with van der Waals surface area (Å²) < 4.78 is 5.51. The predicted molar refractivity (Wildman–Crippen MR) is 69.3 cm³/mol. The van der Waals surface area contributed by atoms with Crippen molar-refractivity contribution in [3.63, 3.8) is 0 Å². The lowest BCUT2D eigenvalue weighted by Gasteiger charge is -2.48. The van der Waals surface area contributed by atoms with Gasteiger partial charge >= 0.3 is 6.09 Å². The number of carbonyl (C=O) groups excluding carboxylic acids is 1. The molecule has 4 heteroatoms. The Morgan fingerprint density at radius 1 is 1.28 bits per heavy atom. The second-order valence-electron chi connectivity index (χ2n) is 6.65. The summed E-state index contributed by atoms with van der Waals surface area (Å²) in [6.07, 6.45) is 4.96. The molecule has 2 rings (SSSR count). The van der Waals surface area contributed by atoms with E-state index in [2.05, 4.69) is 0 Å². The molecular weight excluding hydrogens is 230 g/mol. The van der Waals surface area contributed by atoms with Crippen molar-refractivity contribution in [2.24, 2.45) is 5.92 Å². The van der Waals surface area contributed by atoms with Crippen LogP contribution in [-0.4, -0.2) is 40.4 Å². The molecule has 2 aliphatic rings. The van der Waals surface area contributed by atoms with Crippen LogP contribution in [0.5, 0.6) is 0 Å². The third kappa shape index (κ3) is 2.97. The zero-order chi connectivity index (χ0) is 13.3. The van der Waals surface area contributed by atoms with Crippen molar-refractivity contribution in [1.29, 1.82) is 0 Å². The predicted octanol–water partition coefficient (Wildman–Crippen LogP) is 2.55. The number of amides is 1. The van der Waals surface area contributed by atoms with Crippen LogP contribution in [0.2, 0.25) is 0 Å². The first-order chi connectivity index (χ1) is 8.40. The summed E-state index contributed by atoms with van der Waals surface area (Å²) in [7, 11) is 0. The molecule has 2 aliphatic heterocycles. The van der Waals surface area contributed by atoms with Gasteiger partial charge in [0.15, 0.2) is 0 Å². The first kappa shape index (κ1) is 13.7. The molecule has 0 saturated carbocycles. The molecular formula is C14H25NO3. The fourth-order valence-corrected chi connectivity index (χ4v) is 3.26. The average Bonchev–Trinajstić information content (AvgIpc) is 2.24. The SMILES string of the molecule is CC(C)(C)OC(=O)N1C2CCCC1CC(CO)C2. The van der Waals surface area contributed by atoms with Gasteiger partial charge < -0.3 is 14.7 Å². The van der Waals surface area contributed by atoms with Gasteiger partial charge in [0, 0.05) is 18.7 Å². The Morgan fingerprint density at radius 2 is 1.83 bits per heavy atom. The van der Waals surface area contributed by atoms with Gasteiger partial charge in [0.2, 0.25) is 0 Å². The molecule has 0 aromatic heterocycles. The molecule has 4 nitrogen and oxygen atoms in total. The fraction of sp³-hybridized carbons (Fsp3) is 0.929. The number of aliphatic hydroxyl groups is 1. The van der Waals surface area contributed by atoms with Crippen molar-refractivity contribution < 1.29 is 14.6 Å². The highest BCUT2D eigenvalue weighted by atomic mass is 16.6. The van der Waals surface area contributed by atoms with Gasteiger partial charge in [-0.3, -0.25) is 0 Å². The standard InChI is InChI=1S/C14H25NO3/c1-14(2,3)18-13(17)15-11-5-4-6-12(15)8-10(7-11)9-16/h10-12,16H,4-9H2,1-3H3.